The minimum absolute atomic E-state index is 0.0490. The molecule has 1 saturated heterocycles. The Balaban J connectivity index is 2.30. The van der Waals surface area contributed by atoms with Crippen LogP contribution in [0.5, 0.6) is 0 Å². The summed E-state index contributed by atoms with van der Waals surface area (Å²) in [6, 6.07) is 0. The first kappa shape index (κ1) is 13.5. The smallest absolute Gasteiger partial charge is 0.262 e. The largest absolute Gasteiger partial charge is 0.392 e. The van der Waals surface area contributed by atoms with Gasteiger partial charge in [-0.1, -0.05) is 0 Å². The molecule has 0 amide bonds. The second-order valence-electron chi connectivity index (χ2n) is 4.50. The van der Waals surface area contributed by atoms with Gasteiger partial charge in [0.05, 0.1) is 6.61 Å². The number of sulfonamides is 1. The minimum Gasteiger partial charge on any atom is -0.392 e. The number of hydrogen-bond donors (Lipinski definition) is 2. The lowest BCUT2D eigenvalue weighted by molar-refractivity contribution is 0.221. The Labute approximate surface area is 106 Å². The van der Waals surface area contributed by atoms with Gasteiger partial charge in [-0.25, -0.2) is 8.42 Å². The fourth-order valence-electron chi connectivity index (χ4n) is 1.98. The predicted molar refractivity (Wildman–Crippen MR) is 65.5 cm³/mol. The molecular formula is C10H18N4O3S. The van der Waals surface area contributed by atoms with E-state index in [2.05, 4.69) is 15.1 Å². The number of piperazine rings is 1. The summed E-state index contributed by atoms with van der Waals surface area (Å²) in [5.74, 6) is 0. The highest BCUT2D eigenvalue weighted by atomic mass is 32.2. The van der Waals surface area contributed by atoms with Crippen LogP contribution >= 0.6 is 0 Å². The van der Waals surface area contributed by atoms with Crippen LogP contribution in [0.4, 0.5) is 0 Å². The first-order valence-corrected chi connectivity index (χ1v) is 7.24. The summed E-state index contributed by atoms with van der Waals surface area (Å²) in [7, 11) is -1.64. The van der Waals surface area contributed by atoms with Crippen LogP contribution in [0.25, 0.3) is 0 Å². The van der Waals surface area contributed by atoms with Crippen LogP contribution in [0.3, 0.4) is 0 Å². The lowest BCUT2D eigenvalue weighted by Crippen LogP contribution is -2.47. The van der Waals surface area contributed by atoms with E-state index in [1.165, 1.54) is 4.31 Å². The molecule has 0 saturated carbocycles. The van der Waals surface area contributed by atoms with Gasteiger partial charge in [-0.3, -0.25) is 5.10 Å². The molecule has 7 nitrogen and oxygen atoms in total. The molecule has 0 aliphatic carbocycles. The summed E-state index contributed by atoms with van der Waals surface area (Å²) in [6.45, 7) is 3.69. The normalized spacial score (nSPS) is 19.3. The Morgan fingerprint density at radius 1 is 1.33 bits per heavy atom. The van der Waals surface area contributed by atoms with Gasteiger partial charge in [-0.05, 0) is 14.0 Å². The Bertz CT molecular complexity index is 517. The van der Waals surface area contributed by atoms with E-state index in [9.17, 15) is 13.5 Å². The molecule has 2 N–H and O–H groups in total. The number of aryl methyl sites for hydroxylation is 1. The standard InChI is InChI=1S/C10H18N4O3S/c1-8-9(7-15)10(12-11-8)18(16,17)14-5-3-13(2)4-6-14/h15H,3-7H2,1-2H3,(H,11,12). The Kier molecular flexibility index (Phi) is 3.71. The average molecular weight is 274 g/mol. The molecular weight excluding hydrogens is 256 g/mol. The third-order valence-electron chi connectivity index (χ3n) is 3.24. The topological polar surface area (TPSA) is 89.5 Å². The Morgan fingerprint density at radius 2 is 1.94 bits per heavy atom. The monoisotopic (exact) mass is 274 g/mol. The number of H-pyrrole nitrogens is 1. The van der Waals surface area contributed by atoms with Crippen LogP contribution in [0, 0.1) is 6.92 Å². The van der Waals surface area contributed by atoms with Gasteiger partial charge in [0, 0.05) is 37.4 Å². The van der Waals surface area contributed by atoms with Crippen LogP contribution in [0.15, 0.2) is 5.03 Å². The van der Waals surface area contributed by atoms with Crippen molar-refractivity contribution >= 4 is 10.0 Å². The minimum atomic E-state index is -3.60. The van der Waals surface area contributed by atoms with Gasteiger partial charge >= 0.3 is 0 Å². The average Bonchev–Trinajstić information content (AvgIpc) is 2.71. The summed E-state index contributed by atoms with van der Waals surface area (Å²) in [4.78, 5) is 2.08. The van der Waals surface area contributed by atoms with E-state index in [0.29, 0.717) is 37.4 Å². The summed E-state index contributed by atoms with van der Waals surface area (Å²) in [6.07, 6.45) is 0. The van der Waals surface area contributed by atoms with Crippen molar-refractivity contribution in [3.8, 4) is 0 Å². The molecule has 0 bridgehead atoms. The van der Waals surface area contributed by atoms with Gasteiger partial charge in [0.2, 0.25) is 0 Å². The van der Waals surface area contributed by atoms with Crippen LogP contribution in [0.2, 0.25) is 0 Å². The molecule has 2 heterocycles. The van der Waals surface area contributed by atoms with E-state index in [-0.39, 0.29) is 11.6 Å². The number of hydrogen-bond acceptors (Lipinski definition) is 5. The maximum absolute atomic E-state index is 12.4. The number of rotatable bonds is 3. The molecule has 1 aromatic rings. The molecule has 0 radical (unpaired) electrons. The van der Waals surface area contributed by atoms with Gasteiger partial charge in [0.25, 0.3) is 10.0 Å². The molecule has 18 heavy (non-hydrogen) atoms. The van der Waals surface area contributed by atoms with Gasteiger partial charge < -0.3 is 10.0 Å². The molecule has 2 rings (SSSR count). The van der Waals surface area contributed by atoms with Crippen LogP contribution < -0.4 is 0 Å². The molecule has 0 unspecified atom stereocenters. The maximum Gasteiger partial charge on any atom is 0.262 e. The fraction of sp³-hybridized carbons (Fsp3) is 0.700. The highest BCUT2D eigenvalue weighted by molar-refractivity contribution is 7.89. The molecule has 1 aliphatic rings. The van der Waals surface area contributed by atoms with Crippen molar-refractivity contribution in [2.45, 2.75) is 18.6 Å². The van der Waals surface area contributed by atoms with E-state index in [0.717, 1.165) is 0 Å². The first-order valence-electron chi connectivity index (χ1n) is 5.80. The zero-order valence-corrected chi connectivity index (χ0v) is 11.4. The molecule has 0 spiro atoms. The zero-order chi connectivity index (χ0) is 13.3. The molecule has 1 aromatic heterocycles. The molecule has 1 fully saturated rings. The summed E-state index contributed by atoms with van der Waals surface area (Å²) < 4.78 is 26.2. The quantitative estimate of drug-likeness (QED) is 0.749. The number of aliphatic hydroxyl groups is 1. The van der Waals surface area contributed by atoms with Crippen LogP contribution in [-0.4, -0.2) is 66.2 Å². The summed E-state index contributed by atoms with van der Waals surface area (Å²) >= 11 is 0. The van der Waals surface area contributed by atoms with Crippen LogP contribution in [-0.2, 0) is 16.6 Å². The first-order chi connectivity index (χ1) is 8.46. The number of likely N-dealkylation sites (N-methyl/N-ethyl adjacent to an activating group) is 1. The van der Waals surface area contributed by atoms with Crippen molar-refractivity contribution in [2.75, 3.05) is 33.2 Å². The number of aliphatic hydroxyl groups excluding tert-OH is 1. The second-order valence-corrected chi connectivity index (χ2v) is 6.35. The Morgan fingerprint density at radius 3 is 2.50 bits per heavy atom. The van der Waals surface area contributed by atoms with Crippen molar-refractivity contribution in [2.24, 2.45) is 0 Å². The third-order valence-corrected chi connectivity index (χ3v) is 5.11. The third kappa shape index (κ3) is 2.28. The van der Waals surface area contributed by atoms with Gasteiger partial charge in [-0.2, -0.15) is 9.40 Å². The zero-order valence-electron chi connectivity index (χ0n) is 10.5. The fourth-order valence-corrected chi connectivity index (χ4v) is 3.56. The number of aromatic amines is 1. The van der Waals surface area contributed by atoms with Gasteiger partial charge in [-0.15, -0.1) is 0 Å². The number of aromatic nitrogens is 2. The molecule has 0 atom stereocenters. The van der Waals surface area contributed by atoms with E-state index >= 15 is 0 Å². The SMILES string of the molecule is Cc1[nH]nc(S(=O)(=O)N2CCN(C)CC2)c1CO. The highest BCUT2D eigenvalue weighted by Crippen LogP contribution is 2.21. The van der Waals surface area contributed by atoms with Crippen molar-refractivity contribution in [1.29, 1.82) is 0 Å². The molecule has 0 aromatic carbocycles. The lowest BCUT2D eigenvalue weighted by Gasteiger charge is -2.31. The highest BCUT2D eigenvalue weighted by Gasteiger charge is 2.32. The van der Waals surface area contributed by atoms with Gasteiger partial charge in [0.1, 0.15) is 0 Å². The Hall–Kier alpha value is -0.960. The van der Waals surface area contributed by atoms with E-state index in [1.807, 2.05) is 7.05 Å². The summed E-state index contributed by atoms with van der Waals surface area (Å²) in [5, 5.41) is 15.6. The summed E-state index contributed by atoms with van der Waals surface area (Å²) in [5.41, 5.74) is 0.944. The lowest BCUT2D eigenvalue weighted by atomic mass is 10.3. The number of nitrogens with one attached hydrogen (secondary N) is 1. The van der Waals surface area contributed by atoms with Crippen molar-refractivity contribution < 1.29 is 13.5 Å². The maximum atomic E-state index is 12.4. The van der Waals surface area contributed by atoms with E-state index in [1.54, 1.807) is 6.92 Å². The second kappa shape index (κ2) is 4.96. The molecule has 1 aliphatic heterocycles. The van der Waals surface area contributed by atoms with Gasteiger partial charge in [0.15, 0.2) is 5.03 Å². The number of nitrogens with zero attached hydrogens (tertiary/aromatic N) is 3. The van der Waals surface area contributed by atoms with Crippen molar-refractivity contribution in [3.05, 3.63) is 11.3 Å². The van der Waals surface area contributed by atoms with Crippen LogP contribution in [0.1, 0.15) is 11.3 Å². The van der Waals surface area contributed by atoms with Crippen molar-refractivity contribution in [3.63, 3.8) is 0 Å². The predicted octanol–water partition coefficient (Wildman–Crippen LogP) is -0.853. The molecule has 8 heteroatoms. The van der Waals surface area contributed by atoms with E-state index < -0.39 is 10.0 Å². The molecule has 102 valence electrons. The van der Waals surface area contributed by atoms with Crippen molar-refractivity contribution in [1.82, 2.24) is 19.4 Å². The van der Waals surface area contributed by atoms with E-state index in [4.69, 9.17) is 0 Å².